The van der Waals surface area contributed by atoms with Gasteiger partial charge in [0, 0.05) is 0 Å². The van der Waals surface area contributed by atoms with Crippen molar-refractivity contribution in [1.29, 1.82) is 0 Å². The molecule has 0 saturated carbocycles. The first-order valence-electron chi connectivity index (χ1n) is 8.28. The van der Waals surface area contributed by atoms with E-state index in [1.54, 1.807) is 6.21 Å². The molecular formula is C19H30N3O+. The van der Waals surface area contributed by atoms with Crippen LogP contribution in [0, 0.1) is 0 Å². The fourth-order valence-electron chi connectivity index (χ4n) is 2.17. The molecule has 0 aliphatic carbocycles. The molecule has 126 valence electrons. The molecule has 0 spiro atoms. The summed E-state index contributed by atoms with van der Waals surface area (Å²) in [6.07, 6.45) is 8.40. The average Bonchev–Trinajstić information content (AvgIpc) is 2.46. The van der Waals surface area contributed by atoms with Gasteiger partial charge in [-0.25, -0.2) is 5.43 Å². The number of allylic oxidation sites excluding steroid dienone is 1. The molecule has 1 amide bonds. The minimum absolute atomic E-state index is 0.0682. The number of quaternary nitrogens is 1. The van der Waals surface area contributed by atoms with Gasteiger partial charge in [0.25, 0.3) is 5.91 Å². The molecule has 1 N–H and O–H groups in total. The first-order chi connectivity index (χ1) is 10.9. The Bertz CT molecular complexity index is 527. The van der Waals surface area contributed by atoms with Gasteiger partial charge >= 0.3 is 0 Å². The summed E-state index contributed by atoms with van der Waals surface area (Å²) >= 11 is 0. The standard InChI is InChI=1S/C19H29N3O/c1-5-6-8-13-18(14-17-11-9-7-10-12-17)15-20-21-19(23)16-22(2,3)4/h7,9-12,14-15H,5-6,8,13,16H2,1-4H3/p+1/b18-14-,20-15-. The van der Waals surface area contributed by atoms with Crippen molar-refractivity contribution in [2.24, 2.45) is 5.10 Å². The lowest BCUT2D eigenvalue weighted by Crippen LogP contribution is -2.43. The summed E-state index contributed by atoms with van der Waals surface area (Å²) < 4.78 is 0.588. The van der Waals surface area contributed by atoms with Gasteiger partial charge in [-0.15, -0.1) is 0 Å². The third-order valence-corrected chi connectivity index (χ3v) is 3.26. The normalized spacial score (nSPS) is 12.6. The van der Waals surface area contributed by atoms with E-state index in [1.165, 1.54) is 12.8 Å². The number of amides is 1. The predicted octanol–water partition coefficient (Wildman–Crippen LogP) is 3.46. The van der Waals surface area contributed by atoms with Crippen molar-refractivity contribution >= 4 is 18.2 Å². The smallest absolute Gasteiger partial charge is 0.295 e. The van der Waals surface area contributed by atoms with E-state index in [1.807, 2.05) is 39.3 Å². The van der Waals surface area contributed by atoms with Crippen molar-refractivity contribution in [2.45, 2.75) is 32.6 Å². The second-order valence-electron chi connectivity index (χ2n) is 6.83. The molecular weight excluding hydrogens is 286 g/mol. The molecule has 4 nitrogen and oxygen atoms in total. The van der Waals surface area contributed by atoms with E-state index in [0.717, 1.165) is 24.0 Å². The highest BCUT2D eigenvalue weighted by Crippen LogP contribution is 2.12. The van der Waals surface area contributed by atoms with Gasteiger partial charge in [0.1, 0.15) is 0 Å². The number of carbonyl (C=O) groups is 1. The average molecular weight is 316 g/mol. The summed E-state index contributed by atoms with van der Waals surface area (Å²) in [4.78, 5) is 11.8. The molecule has 0 unspecified atom stereocenters. The summed E-state index contributed by atoms with van der Waals surface area (Å²) in [7, 11) is 5.94. The molecule has 1 rings (SSSR count). The number of hydrogen-bond donors (Lipinski definition) is 1. The molecule has 0 heterocycles. The molecule has 0 fully saturated rings. The van der Waals surface area contributed by atoms with Gasteiger partial charge in [0.05, 0.1) is 27.4 Å². The zero-order chi connectivity index (χ0) is 17.1. The molecule has 1 aromatic rings. The van der Waals surface area contributed by atoms with Gasteiger partial charge in [-0.3, -0.25) is 4.79 Å². The maximum absolute atomic E-state index is 11.8. The van der Waals surface area contributed by atoms with Crippen LogP contribution in [0.25, 0.3) is 6.08 Å². The van der Waals surface area contributed by atoms with Crippen LogP contribution in [0.15, 0.2) is 41.0 Å². The van der Waals surface area contributed by atoms with Crippen LogP contribution in [0.2, 0.25) is 0 Å². The number of nitrogens with zero attached hydrogens (tertiary/aromatic N) is 2. The van der Waals surface area contributed by atoms with E-state index in [9.17, 15) is 4.79 Å². The second kappa shape index (κ2) is 9.95. The molecule has 0 radical (unpaired) electrons. The van der Waals surface area contributed by atoms with Gasteiger partial charge in [0.15, 0.2) is 6.54 Å². The minimum Gasteiger partial charge on any atom is -0.323 e. The molecule has 23 heavy (non-hydrogen) atoms. The van der Waals surface area contributed by atoms with E-state index in [-0.39, 0.29) is 5.91 Å². The predicted molar refractivity (Wildman–Crippen MR) is 98.1 cm³/mol. The summed E-state index contributed by atoms with van der Waals surface area (Å²) in [6, 6.07) is 10.2. The van der Waals surface area contributed by atoms with Crippen LogP contribution in [0.3, 0.4) is 0 Å². The van der Waals surface area contributed by atoms with E-state index < -0.39 is 0 Å². The summed E-state index contributed by atoms with van der Waals surface area (Å²) in [5.41, 5.74) is 4.91. The lowest BCUT2D eigenvalue weighted by atomic mass is 10.1. The van der Waals surface area contributed by atoms with Gasteiger partial charge in [0.2, 0.25) is 0 Å². The van der Waals surface area contributed by atoms with Crippen molar-refractivity contribution in [3.8, 4) is 0 Å². The molecule has 0 bridgehead atoms. The quantitative estimate of drug-likeness (QED) is 0.322. The SMILES string of the molecule is CCCCCC(/C=N\NC(=O)C[N+](C)(C)C)=C/c1ccccc1. The Morgan fingerprint density at radius 3 is 2.48 bits per heavy atom. The molecule has 0 aromatic heterocycles. The third kappa shape index (κ3) is 9.63. The maximum Gasteiger partial charge on any atom is 0.295 e. The molecule has 0 aliphatic heterocycles. The lowest BCUT2D eigenvalue weighted by Gasteiger charge is -2.22. The van der Waals surface area contributed by atoms with E-state index in [4.69, 9.17) is 0 Å². The highest BCUT2D eigenvalue weighted by molar-refractivity contribution is 5.86. The van der Waals surface area contributed by atoms with Gasteiger partial charge < -0.3 is 4.48 Å². The van der Waals surface area contributed by atoms with Crippen LogP contribution >= 0.6 is 0 Å². The van der Waals surface area contributed by atoms with E-state index in [0.29, 0.717) is 11.0 Å². The minimum atomic E-state index is -0.0682. The fraction of sp³-hybridized carbons (Fsp3) is 0.474. The number of hydrazone groups is 1. The summed E-state index contributed by atoms with van der Waals surface area (Å²) in [6.45, 7) is 2.60. The zero-order valence-corrected chi connectivity index (χ0v) is 14.9. The van der Waals surface area contributed by atoms with Crippen molar-refractivity contribution in [1.82, 2.24) is 5.43 Å². The number of nitrogens with one attached hydrogen (secondary N) is 1. The number of unbranched alkanes of at least 4 members (excludes halogenated alkanes) is 2. The van der Waals surface area contributed by atoms with Crippen LogP contribution < -0.4 is 5.43 Å². The molecule has 0 saturated heterocycles. The Hall–Kier alpha value is -1.94. The van der Waals surface area contributed by atoms with Crippen LogP contribution in [0.4, 0.5) is 0 Å². The van der Waals surface area contributed by atoms with Crippen LogP contribution in [-0.2, 0) is 4.79 Å². The van der Waals surface area contributed by atoms with Crippen molar-refractivity contribution < 1.29 is 9.28 Å². The summed E-state index contributed by atoms with van der Waals surface area (Å²) in [5.74, 6) is -0.0682. The number of likely N-dealkylation sites (N-methyl/N-ethyl adjacent to an activating group) is 1. The van der Waals surface area contributed by atoms with Crippen molar-refractivity contribution in [3.63, 3.8) is 0 Å². The molecule has 4 heteroatoms. The van der Waals surface area contributed by atoms with E-state index >= 15 is 0 Å². The first kappa shape index (κ1) is 19.1. The largest absolute Gasteiger partial charge is 0.323 e. The van der Waals surface area contributed by atoms with Gasteiger partial charge in [-0.05, 0) is 24.0 Å². The Balaban J connectivity index is 2.67. The molecule has 0 atom stereocenters. The van der Waals surface area contributed by atoms with Gasteiger partial charge in [-0.2, -0.15) is 5.10 Å². The Labute approximate surface area is 140 Å². The maximum atomic E-state index is 11.8. The number of hydrogen-bond acceptors (Lipinski definition) is 2. The zero-order valence-electron chi connectivity index (χ0n) is 14.9. The van der Waals surface area contributed by atoms with Gasteiger partial charge in [-0.1, -0.05) is 56.2 Å². The van der Waals surface area contributed by atoms with Crippen LogP contribution in [0.1, 0.15) is 38.2 Å². The van der Waals surface area contributed by atoms with E-state index in [2.05, 4.69) is 35.7 Å². The number of carbonyl (C=O) groups excluding carboxylic acids is 1. The van der Waals surface area contributed by atoms with Crippen LogP contribution in [0.5, 0.6) is 0 Å². The Kier molecular flexibility index (Phi) is 8.27. The molecule has 0 aliphatic rings. The van der Waals surface area contributed by atoms with Crippen molar-refractivity contribution in [3.05, 3.63) is 41.5 Å². The Morgan fingerprint density at radius 2 is 1.87 bits per heavy atom. The second-order valence-corrected chi connectivity index (χ2v) is 6.83. The Morgan fingerprint density at radius 1 is 1.17 bits per heavy atom. The number of rotatable bonds is 9. The van der Waals surface area contributed by atoms with Crippen molar-refractivity contribution in [2.75, 3.05) is 27.7 Å². The first-order valence-corrected chi connectivity index (χ1v) is 8.28. The molecule has 1 aromatic carbocycles. The fourth-order valence-corrected chi connectivity index (χ4v) is 2.17. The lowest BCUT2D eigenvalue weighted by molar-refractivity contribution is -0.862. The topological polar surface area (TPSA) is 41.5 Å². The highest BCUT2D eigenvalue weighted by Gasteiger charge is 2.13. The number of benzene rings is 1. The van der Waals surface area contributed by atoms with Crippen LogP contribution in [-0.4, -0.2) is 44.3 Å². The monoisotopic (exact) mass is 316 g/mol. The summed E-state index contributed by atoms with van der Waals surface area (Å²) in [5, 5.41) is 4.13. The highest BCUT2D eigenvalue weighted by atomic mass is 16.2. The third-order valence-electron chi connectivity index (χ3n) is 3.26.